The molecule has 1 aliphatic carbocycles. The maximum Gasteiger partial charge on any atom is 0.271 e. The largest absolute Gasteiger partial charge is 0.345 e. The lowest BCUT2D eigenvalue weighted by Gasteiger charge is -2.30. The molecule has 0 atom stereocenters. The van der Waals surface area contributed by atoms with Gasteiger partial charge in [-0.05, 0) is 25.3 Å². The number of rotatable bonds is 4. The SMILES string of the molecule is O=C(NCc1cc2n(n1)CCCN(C(=O)C1CCC1)C2)c1c[nH]c(=O)cn1. The Morgan fingerprint density at radius 3 is 2.81 bits per heavy atom. The number of nitrogens with one attached hydrogen (secondary N) is 2. The third kappa shape index (κ3) is 3.76. The van der Waals surface area contributed by atoms with E-state index in [1.54, 1.807) is 0 Å². The summed E-state index contributed by atoms with van der Waals surface area (Å²) < 4.78 is 1.92. The van der Waals surface area contributed by atoms with E-state index < -0.39 is 0 Å². The zero-order valence-corrected chi connectivity index (χ0v) is 15.0. The van der Waals surface area contributed by atoms with Gasteiger partial charge in [-0.3, -0.25) is 19.1 Å². The van der Waals surface area contributed by atoms with Crippen molar-refractivity contribution in [2.75, 3.05) is 6.54 Å². The number of nitrogens with zero attached hydrogens (tertiary/aromatic N) is 4. The van der Waals surface area contributed by atoms with Crippen molar-refractivity contribution in [3.63, 3.8) is 0 Å². The molecule has 0 radical (unpaired) electrons. The quantitative estimate of drug-likeness (QED) is 0.810. The van der Waals surface area contributed by atoms with Crippen molar-refractivity contribution >= 4 is 11.8 Å². The molecule has 3 heterocycles. The van der Waals surface area contributed by atoms with Crippen LogP contribution in [0.15, 0.2) is 23.3 Å². The van der Waals surface area contributed by atoms with E-state index in [1.807, 2.05) is 15.6 Å². The fraction of sp³-hybridized carbons (Fsp3) is 0.500. The predicted molar refractivity (Wildman–Crippen MR) is 95.6 cm³/mol. The van der Waals surface area contributed by atoms with Gasteiger partial charge in [0.15, 0.2) is 0 Å². The lowest BCUT2D eigenvalue weighted by molar-refractivity contribution is -0.138. The van der Waals surface area contributed by atoms with Gasteiger partial charge in [-0.2, -0.15) is 5.10 Å². The van der Waals surface area contributed by atoms with Crippen LogP contribution in [0.3, 0.4) is 0 Å². The van der Waals surface area contributed by atoms with Crippen molar-refractivity contribution in [1.29, 1.82) is 0 Å². The number of fused-ring (bicyclic) bond motifs is 1. The van der Waals surface area contributed by atoms with Crippen molar-refractivity contribution in [2.24, 2.45) is 5.92 Å². The Morgan fingerprint density at radius 2 is 2.11 bits per heavy atom. The van der Waals surface area contributed by atoms with Gasteiger partial charge in [0.1, 0.15) is 5.69 Å². The normalized spacial score (nSPS) is 17.0. The number of hydrogen-bond acceptors (Lipinski definition) is 5. The lowest BCUT2D eigenvalue weighted by atomic mass is 9.84. The van der Waals surface area contributed by atoms with Gasteiger partial charge in [-0.15, -0.1) is 0 Å². The van der Waals surface area contributed by atoms with E-state index in [2.05, 4.69) is 20.4 Å². The highest BCUT2D eigenvalue weighted by atomic mass is 16.2. The topological polar surface area (TPSA) is 113 Å². The van der Waals surface area contributed by atoms with Crippen LogP contribution >= 0.6 is 0 Å². The van der Waals surface area contributed by atoms with E-state index in [1.165, 1.54) is 6.20 Å². The van der Waals surface area contributed by atoms with Crippen LogP contribution in [0.5, 0.6) is 0 Å². The molecular formula is C18H22N6O3. The fourth-order valence-corrected chi connectivity index (χ4v) is 3.44. The second-order valence-corrected chi connectivity index (χ2v) is 7.07. The number of aromatic amines is 1. The molecule has 0 spiro atoms. The monoisotopic (exact) mass is 370 g/mol. The molecule has 2 aliphatic rings. The smallest absolute Gasteiger partial charge is 0.271 e. The van der Waals surface area contributed by atoms with E-state index in [0.717, 1.165) is 56.4 Å². The summed E-state index contributed by atoms with van der Waals surface area (Å²) in [5.74, 6) is 0.0779. The molecule has 0 saturated heterocycles. The standard InChI is InChI=1S/C18H22N6O3/c25-16-10-19-15(9-20-16)17(26)21-8-13-7-14-11-23(5-2-6-24(14)22-13)18(27)12-3-1-4-12/h7,9-10,12H,1-6,8,11H2,(H,20,25)(H,21,26). The fourth-order valence-electron chi connectivity index (χ4n) is 3.44. The third-order valence-electron chi connectivity index (χ3n) is 5.17. The van der Waals surface area contributed by atoms with Gasteiger partial charge < -0.3 is 15.2 Å². The average molecular weight is 370 g/mol. The summed E-state index contributed by atoms with van der Waals surface area (Å²) in [4.78, 5) is 43.8. The Bertz CT molecular complexity index is 894. The highest BCUT2D eigenvalue weighted by molar-refractivity contribution is 5.91. The van der Waals surface area contributed by atoms with Crippen molar-refractivity contribution < 1.29 is 9.59 Å². The first kappa shape index (κ1) is 17.4. The second kappa shape index (κ2) is 7.34. The number of aryl methyl sites for hydroxylation is 1. The number of hydrogen-bond donors (Lipinski definition) is 2. The van der Waals surface area contributed by atoms with E-state index in [9.17, 15) is 14.4 Å². The molecule has 27 heavy (non-hydrogen) atoms. The molecule has 1 saturated carbocycles. The van der Waals surface area contributed by atoms with Crippen molar-refractivity contribution in [3.8, 4) is 0 Å². The Labute approximate surface area is 155 Å². The molecule has 1 aliphatic heterocycles. The summed E-state index contributed by atoms with van der Waals surface area (Å²) in [5, 5.41) is 7.30. The summed E-state index contributed by atoms with van der Waals surface area (Å²) in [6, 6.07) is 1.94. The first-order valence-corrected chi connectivity index (χ1v) is 9.27. The van der Waals surface area contributed by atoms with Crippen LogP contribution in [0, 0.1) is 5.92 Å². The van der Waals surface area contributed by atoms with Gasteiger partial charge in [0.05, 0.1) is 30.7 Å². The Morgan fingerprint density at radius 1 is 1.26 bits per heavy atom. The number of aromatic nitrogens is 4. The minimum atomic E-state index is -0.378. The molecule has 2 N–H and O–H groups in total. The van der Waals surface area contributed by atoms with Crippen molar-refractivity contribution in [3.05, 3.63) is 45.9 Å². The maximum atomic E-state index is 12.6. The van der Waals surface area contributed by atoms with Crippen molar-refractivity contribution in [2.45, 2.75) is 45.3 Å². The second-order valence-electron chi connectivity index (χ2n) is 7.07. The number of amides is 2. The molecule has 2 aromatic heterocycles. The van der Waals surface area contributed by atoms with Crippen molar-refractivity contribution in [1.82, 2.24) is 30.0 Å². The predicted octanol–water partition coefficient (Wildman–Crippen LogP) is 0.429. The minimum Gasteiger partial charge on any atom is -0.345 e. The summed E-state index contributed by atoms with van der Waals surface area (Å²) in [6.45, 7) is 2.36. The third-order valence-corrected chi connectivity index (χ3v) is 5.17. The maximum absolute atomic E-state index is 12.6. The molecule has 0 bridgehead atoms. The molecule has 2 aromatic rings. The van der Waals surface area contributed by atoms with Crippen LogP contribution in [0.2, 0.25) is 0 Å². The number of H-pyrrole nitrogens is 1. The zero-order valence-electron chi connectivity index (χ0n) is 15.0. The van der Waals surface area contributed by atoms with Crippen LogP contribution in [0.25, 0.3) is 0 Å². The zero-order chi connectivity index (χ0) is 18.8. The molecule has 2 amide bonds. The van der Waals surface area contributed by atoms with Gasteiger partial charge in [0.2, 0.25) is 5.91 Å². The average Bonchev–Trinajstić information content (AvgIpc) is 2.89. The summed E-state index contributed by atoms with van der Waals surface area (Å²) in [7, 11) is 0. The Hall–Kier alpha value is -2.97. The number of carbonyl (C=O) groups is 2. The molecule has 9 nitrogen and oxygen atoms in total. The Kier molecular flexibility index (Phi) is 4.74. The van der Waals surface area contributed by atoms with Crippen LogP contribution in [0.4, 0.5) is 0 Å². The van der Waals surface area contributed by atoms with E-state index in [0.29, 0.717) is 6.54 Å². The van der Waals surface area contributed by atoms with Crippen LogP contribution in [0.1, 0.15) is 47.6 Å². The van der Waals surface area contributed by atoms with Crippen LogP contribution in [-0.4, -0.2) is 43.0 Å². The first-order chi connectivity index (χ1) is 13.1. The van der Waals surface area contributed by atoms with Gasteiger partial charge in [-0.1, -0.05) is 6.42 Å². The summed E-state index contributed by atoms with van der Waals surface area (Å²) in [5.41, 5.74) is 1.52. The van der Waals surface area contributed by atoms with Gasteiger partial charge >= 0.3 is 0 Å². The van der Waals surface area contributed by atoms with Crippen LogP contribution in [-0.2, 0) is 24.4 Å². The molecule has 142 valence electrons. The molecule has 1 fully saturated rings. The lowest BCUT2D eigenvalue weighted by Crippen LogP contribution is -2.38. The summed E-state index contributed by atoms with van der Waals surface area (Å²) >= 11 is 0. The minimum absolute atomic E-state index is 0.146. The van der Waals surface area contributed by atoms with E-state index in [-0.39, 0.29) is 35.5 Å². The summed E-state index contributed by atoms with van der Waals surface area (Å²) in [6.07, 6.45) is 6.39. The highest BCUT2D eigenvalue weighted by Gasteiger charge is 2.30. The molecule has 0 unspecified atom stereocenters. The van der Waals surface area contributed by atoms with Crippen LogP contribution < -0.4 is 10.9 Å². The Balaban J connectivity index is 1.39. The first-order valence-electron chi connectivity index (χ1n) is 9.27. The molecule has 0 aromatic carbocycles. The van der Waals surface area contributed by atoms with Gasteiger partial charge in [-0.25, -0.2) is 4.98 Å². The van der Waals surface area contributed by atoms with E-state index >= 15 is 0 Å². The highest BCUT2D eigenvalue weighted by Crippen LogP contribution is 2.29. The molecule has 4 rings (SSSR count). The molecular weight excluding hydrogens is 348 g/mol. The number of carbonyl (C=O) groups excluding carboxylic acids is 2. The molecule has 9 heteroatoms. The van der Waals surface area contributed by atoms with Gasteiger partial charge in [0.25, 0.3) is 11.5 Å². The van der Waals surface area contributed by atoms with E-state index in [4.69, 9.17) is 0 Å². The van der Waals surface area contributed by atoms with Gasteiger partial charge in [0, 0.05) is 25.2 Å².